The third kappa shape index (κ3) is 2.74. The average Bonchev–Trinajstić information content (AvgIpc) is 3.11. The SMILES string of the molecule is CC(C)=C1[C@@H]2CC[C@@H]1[C@@H](C(=O)N[C@@H](C)c1ccccc1)[C@@H]2C(=O)O. The Bertz CT molecular complexity index is 675. The molecular formula is C20H25NO3. The molecule has 0 saturated heterocycles. The van der Waals surface area contributed by atoms with Gasteiger partial charge in [0, 0.05) is 0 Å². The number of rotatable bonds is 4. The summed E-state index contributed by atoms with van der Waals surface area (Å²) in [7, 11) is 0. The highest BCUT2D eigenvalue weighted by Crippen LogP contribution is 2.57. The van der Waals surface area contributed by atoms with Crippen LogP contribution in [0.5, 0.6) is 0 Å². The predicted octanol–water partition coefficient (Wildman–Crippen LogP) is 3.56. The van der Waals surface area contributed by atoms with Gasteiger partial charge in [0.15, 0.2) is 0 Å². The summed E-state index contributed by atoms with van der Waals surface area (Å²) in [6, 6.07) is 9.65. The van der Waals surface area contributed by atoms with Crippen LogP contribution in [0.2, 0.25) is 0 Å². The molecule has 4 heteroatoms. The maximum Gasteiger partial charge on any atom is 0.307 e. The number of amides is 1. The molecule has 2 N–H and O–H groups in total. The molecule has 2 aliphatic rings. The van der Waals surface area contributed by atoms with Gasteiger partial charge < -0.3 is 10.4 Å². The van der Waals surface area contributed by atoms with E-state index >= 15 is 0 Å². The Morgan fingerprint density at radius 3 is 2.21 bits per heavy atom. The van der Waals surface area contributed by atoms with Crippen molar-refractivity contribution in [2.75, 3.05) is 0 Å². The number of aliphatic carboxylic acids is 1. The number of carboxylic acid groups (broad SMARTS) is 1. The van der Waals surface area contributed by atoms with Crippen molar-refractivity contribution >= 4 is 11.9 Å². The fourth-order valence-corrected chi connectivity index (χ4v) is 4.74. The van der Waals surface area contributed by atoms with Crippen LogP contribution in [0.25, 0.3) is 0 Å². The zero-order chi connectivity index (χ0) is 17.4. The van der Waals surface area contributed by atoms with Crippen LogP contribution in [0.1, 0.15) is 45.2 Å². The molecule has 3 rings (SSSR count). The molecule has 2 fully saturated rings. The third-order valence-corrected chi connectivity index (χ3v) is 5.67. The molecule has 0 aromatic heterocycles. The van der Waals surface area contributed by atoms with Crippen molar-refractivity contribution in [1.82, 2.24) is 5.32 Å². The van der Waals surface area contributed by atoms with E-state index in [-0.39, 0.29) is 23.8 Å². The molecule has 24 heavy (non-hydrogen) atoms. The molecule has 2 saturated carbocycles. The van der Waals surface area contributed by atoms with Gasteiger partial charge in [-0.1, -0.05) is 41.5 Å². The van der Waals surface area contributed by atoms with Crippen LogP contribution in [0, 0.1) is 23.7 Å². The Kier molecular flexibility index (Phi) is 4.48. The lowest BCUT2D eigenvalue weighted by molar-refractivity contribution is -0.149. The number of carbonyl (C=O) groups excluding carboxylic acids is 1. The smallest absolute Gasteiger partial charge is 0.307 e. The molecule has 0 aliphatic heterocycles. The van der Waals surface area contributed by atoms with E-state index in [0.717, 1.165) is 18.4 Å². The zero-order valence-corrected chi connectivity index (χ0v) is 14.5. The van der Waals surface area contributed by atoms with E-state index in [1.165, 1.54) is 11.1 Å². The molecular weight excluding hydrogens is 302 g/mol. The monoisotopic (exact) mass is 327 g/mol. The molecule has 128 valence electrons. The van der Waals surface area contributed by atoms with Gasteiger partial charge in [-0.25, -0.2) is 0 Å². The second kappa shape index (κ2) is 6.42. The maximum absolute atomic E-state index is 12.9. The zero-order valence-electron chi connectivity index (χ0n) is 14.5. The van der Waals surface area contributed by atoms with E-state index in [1.807, 2.05) is 51.1 Å². The van der Waals surface area contributed by atoms with Gasteiger partial charge in [0.1, 0.15) is 0 Å². The van der Waals surface area contributed by atoms with E-state index in [1.54, 1.807) is 0 Å². The van der Waals surface area contributed by atoms with Crippen LogP contribution < -0.4 is 5.32 Å². The predicted molar refractivity (Wildman–Crippen MR) is 92.2 cm³/mol. The quantitative estimate of drug-likeness (QED) is 0.831. The van der Waals surface area contributed by atoms with Crippen molar-refractivity contribution in [3.63, 3.8) is 0 Å². The molecule has 1 aromatic carbocycles. The minimum absolute atomic E-state index is 0.0280. The van der Waals surface area contributed by atoms with Crippen molar-refractivity contribution in [3.8, 4) is 0 Å². The van der Waals surface area contributed by atoms with Crippen molar-refractivity contribution in [2.24, 2.45) is 23.7 Å². The summed E-state index contributed by atoms with van der Waals surface area (Å²) >= 11 is 0. The molecule has 1 aromatic rings. The summed E-state index contributed by atoms with van der Waals surface area (Å²) in [6.45, 7) is 6.01. The second-order valence-electron chi connectivity index (χ2n) is 7.28. The van der Waals surface area contributed by atoms with Crippen LogP contribution in [0.4, 0.5) is 0 Å². The van der Waals surface area contributed by atoms with E-state index in [2.05, 4.69) is 5.32 Å². The summed E-state index contributed by atoms with van der Waals surface area (Å²) in [4.78, 5) is 24.7. The first kappa shape index (κ1) is 16.7. The van der Waals surface area contributed by atoms with Gasteiger partial charge in [0.2, 0.25) is 5.91 Å². The third-order valence-electron chi connectivity index (χ3n) is 5.67. The summed E-state index contributed by atoms with van der Waals surface area (Å²) in [5.41, 5.74) is 3.43. The highest BCUT2D eigenvalue weighted by atomic mass is 16.4. The van der Waals surface area contributed by atoms with Crippen LogP contribution in [0.3, 0.4) is 0 Å². The van der Waals surface area contributed by atoms with Crippen molar-refractivity contribution in [2.45, 2.75) is 39.7 Å². The molecule has 2 bridgehead atoms. The number of fused-ring (bicyclic) bond motifs is 2. The van der Waals surface area contributed by atoms with Gasteiger partial charge in [-0.15, -0.1) is 0 Å². The van der Waals surface area contributed by atoms with Crippen molar-refractivity contribution in [1.29, 1.82) is 0 Å². The highest BCUT2D eigenvalue weighted by Gasteiger charge is 2.57. The summed E-state index contributed by atoms with van der Waals surface area (Å²) in [5, 5.41) is 12.7. The molecule has 0 heterocycles. The van der Waals surface area contributed by atoms with Crippen LogP contribution >= 0.6 is 0 Å². The first-order chi connectivity index (χ1) is 11.4. The number of hydrogen-bond acceptors (Lipinski definition) is 2. The first-order valence-corrected chi connectivity index (χ1v) is 8.67. The van der Waals surface area contributed by atoms with Crippen molar-refractivity contribution in [3.05, 3.63) is 47.0 Å². The molecule has 0 spiro atoms. The first-order valence-electron chi connectivity index (χ1n) is 8.67. The fourth-order valence-electron chi connectivity index (χ4n) is 4.74. The lowest BCUT2D eigenvalue weighted by atomic mass is 9.78. The fraction of sp³-hybridized carbons (Fsp3) is 0.500. The minimum Gasteiger partial charge on any atom is -0.481 e. The summed E-state index contributed by atoms with van der Waals surface area (Å²) in [6.07, 6.45) is 1.81. The second-order valence-corrected chi connectivity index (χ2v) is 7.28. The van der Waals surface area contributed by atoms with Gasteiger partial charge in [-0.2, -0.15) is 0 Å². The van der Waals surface area contributed by atoms with Crippen molar-refractivity contribution < 1.29 is 14.7 Å². The standard InChI is InChI=1S/C20H25NO3/c1-11(2)16-14-9-10-15(16)18(20(23)24)17(14)19(22)21-12(3)13-7-5-4-6-8-13/h4-8,12,14-15,17-18H,9-10H2,1-3H3,(H,21,22)(H,23,24)/t12-,14-,15-,17+,18+/m0/s1. The van der Waals surface area contributed by atoms with Gasteiger partial charge in [0.05, 0.1) is 17.9 Å². The highest BCUT2D eigenvalue weighted by molar-refractivity contribution is 5.87. The molecule has 0 unspecified atom stereocenters. The van der Waals surface area contributed by atoms with Crippen LogP contribution in [-0.2, 0) is 9.59 Å². The topological polar surface area (TPSA) is 66.4 Å². The molecule has 0 radical (unpaired) electrons. The van der Waals surface area contributed by atoms with Gasteiger partial charge in [0.25, 0.3) is 0 Å². The van der Waals surface area contributed by atoms with Gasteiger partial charge in [-0.3, -0.25) is 9.59 Å². The summed E-state index contributed by atoms with van der Waals surface area (Å²) in [5.74, 6) is -1.88. The van der Waals surface area contributed by atoms with E-state index < -0.39 is 17.8 Å². The van der Waals surface area contributed by atoms with E-state index in [4.69, 9.17) is 0 Å². The van der Waals surface area contributed by atoms with E-state index in [0.29, 0.717) is 0 Å². The number of carboxylic acids is 1. The Balaban J connectivity index is 1.83. The lowest BCUT2D eigenvalue weighted by Gasteiger charge is -2.28. The average molecular weight is 327 g/mol. The van der Waals surface area contributed by atoms with Crippen LogP contribution in [-0.4, -0.2) is 17.0 Å². The minimum atomic E-state index is -0.839. The molecule has 1 amide bonds. The number of allylic oxidation sites excluding steroid dienone is 2. The number of nitrogens with one attached hydrogen (secondary N) is 1. The Hall–Kier alpha value is -2.10. The van der Waals surface area contributed by atoms with Crippen LogP contribution in [0.15, 0.2) is 41.5 Å². The maximum atomic E-state index is 12.9. The largest absolute Gasteiger partial charge is 0.481 e. The normalized spacial score (nSPS) is 29.4. The molecule has 2 aliphatic carbocycles. The number of hydrogen-bond donors (Lipinski definition) is 2. The lowest BCUT2D eigenvalue weighted by Crippen LogP contribution is -2.42. The van der Waals surface area contributed by atoms with Gasteiger partial charge in [-0.05, 0) is 51.0 Å². The Morgan fingerprint density at radius 1 is 1.08 bits per heavy atom. The van der Waals surface area contributed by atoms with Gasteiger partial charge >= 0.3 is 5.97 Å². The Morgan fingerprint density at radius 2 is 1.67 bits per heavy atom. The number of carbonyl (C=O) groups is 2. The molecule has 4 nitrogen and oxygen atoms in total. The Labute approximate surface area is 143 Å². The molecule has 5 atom stereocenters. The number of benzene rings is 1. The van der Waals surface area contributed by atoms with E-state index in [9.17, 15) is 14.7 Å². The summed E-state index contributed by atoms with van der Waals surface area (Å²) < 4.78 is 0.